The van der Waals surface area contributed by atoms with E-state index in [0.29, 0.717) is 11.5 Å². The van der Waals surface area contributed by atoms with Crippen LogP contribution in [0.3, 0.4) is 0 Å². The summed E-state index contributed by atoms with van der Waals surface area (Å²) < 4.78 is 40.1. The van der Waals surface area contributed by atoms with Crippen LogP contribution in [0.2, 0.25) is 0 Å². The topological polar surface area (TPSA) is 29.5 Å². The van der Waals surface area contributed by atoms with Gasteiger partial charge >= 0.3 is 6.18 Å². The molecule has 1 atom stereocenters. The average molecular weight is 290 g/mol. The van der Waals surface area contributed by atoms with Gasteiger partial charge in [-0.3, -0.25) is 0 Å². The van der Waals surface area contributed by atoms with Crippen LogP contribution in [0.4, 0.5) is 13.2 Å². The lowest BCUT2D eigenvalue weighted by Crippen LogP contribution is -2.18. The molecule has 114 valence electrons. The van der Waals surface area contributed by atoms with E-state index >= 15 is 0 Å². The highest BCUT2D eigenvalue weighted by Gasteiger charge is 2.27. The van der Waals surface area contributed by atoms with E-state index in [1.165, 1.54) is 5.56 Å². The first-order valence-corrected chi connectivity index (χ1v) is 6.69. The second-order valence-electron chi connectivity index (χ2n) is 5.31. The molecule has 1 aromatic rings. The Morgan fingerprint density at radius 2 is 1.75 bits per heavy atom. The molecule has 2 nitrogen and oxygen atoms in total. The Morgan fingerprint density at radius 1 is 1.15 bits per heavy atom. The Morgan fingerprint density at radius 3 is 2.25 bits per heavy atom. The van der Waals surface area contributed by atoms with Crippen LogP contribution < -0.4 is 0 Å². The highest BCUT2D eigenvalue weighted by molar-refractivity contribution is 5.24. The van der Waals surface area contributed by atoms with Gasteiger partial charge in [-0.2, -0.15) is 13.2 Å². The fourth-order valence-corrected chi connectivity index (χ4v) is 1.90. The Hall–Kier alpha value is -1.07. The molecule has 0 aliphatic heterocycles. The van der Waals surface area contributed by atoms with E-state index in [4.69, 9.17) is 0 Å². The summed E-state index contributed by atoms with van der Waals surface area (Å²) in [4.78, 5) is 0. The van der Waals surface area contributed by atoms with Gasteiger partial charge in [-0.05, 0) is 23.5 Å². The molecule has 1 rings (SSSR count). The highest BCUT2D eigenvalue weighted by Crippen LogP contribution is 2.19. The van der Waals surface area contributed by atoms with Crippen LogP contribution in [0.15, 0.2) is 24.3 Å². The van der Waals surface area contributed by atoms with Gasteiger partial charge in [-0.15, -0.1) is 0 Å². The van der Waals surface area contributed by atoms with Crippen LogP contribution in [0.1, 0.15) is 37.5 Å². The second-order valence-corrected chi connectivity index (χ2v) is 5.31. The summed E-state index contributed by atoms with van der Waals surface area (Å²) in [6, 6.07) is 7.50. The van der Waals surface area contributed by atoms with Crippen molar-refractivity contribution in [2.45, 2.75) is 39.0 Å². The predicted molar refractivity (Wildman–Crippen MR) is 71.4 cm³/mol. The third kappa shape index (κ3) is 6.91. The lowest BCUT2D eigenvalue weighted by Gasteiger charge is -2.13. The van der Waals surface area contributed by atoms with Crippen molar-refractivity contribution in [3.05, 3.63) is 35.4 Å². The molecular weight excluding hydrogens is 269 g/mol. The Labute approximate surface area is 117 Å². The van der Waals surface area contributed by atoms with Crippen molar-refractivity contribution in [3.8, 4) is 0 Å². The fourth-order valence-electron chi connectivity index (χ4n) is 1.90. The number of rotatable bonds is 7. The summed E-state index contributed by atoms with van der Waals surface area (Å²) in [7, 11) is 0. The van der Waals surface area contributed by atoms with Gasteiger partial charge in [0.05, 0.1) is 6.10 Å². The quantitative estimate of drug-likeness (QED) is 0.772. The van der Waals surface area contributed by atoms with Crippen molar-refractivity contribution in [3.63, 3.8) is 0 Å². The molecule has 20 heavy (non-hydrogen) atoms. The molecule has 0 saturated carbocycles. The number of ether oxygens (including phenoxy) is 1. The second kappa shape index (κ2) is 7.64. The van der Waals surface area contributed by atoms with E-state index in [2.05, 4.69) is 18.6 Å². The standard InChI is InChI=1S/C15H21F3O2/c1-11(2)9-12-3-5-13(6-4-12)14(19)7-8-20-10-15(16,17)18/h3-6,11,14,19H,7-10H2,1-2H3. The van der Waals surface area contributed by atoms with Crippen LogP contribution in [0.5, 0.6) is 0 Å². The highest BCUT2D eigenvalue weighted by atomic mass is 19.4. The Bertz CT molecular complexity index is 385. The zero-order valence-electron chi connectivity index (χ0n) is 11.8. The lowest BCUT2D eigenvalue weighted by molar-refractivity contribution is -0.175. The smallest absolute Gasteiger partial charge is 0.388 e. The molecule has 0 aromatic heterocycles. The molecule has 0 aliphatic rings. The van der Waals surface area contributed by atoms with Crippen LogP contribution in [-0.2, 0) is 11.2 Å². The minimum atomic E-state index is -4.32. The summed E-state index contributed by atoms with van der Waals surface area (Å²) >= 11 is 0. The third-order valence-corrected chi connectivity index (χ3v) is 2.81. The number of benzene rings is 1. The minimum Gasteiger partial charge on any atom is -0.388 e. The molecule has 0 fully saturated rings. The molecule has 0 aliphatic carbocycles. The summed E-state index contributed by atoms with van der Waals surface area (Å²) in [6.07, 6.45) is -4.00. The average Bonchev–Trinajstić information content (AvgIpc) is 2.33. The van der Waals surface area contributed by atoms with Gasteiger partial charge in [0, 0.05) is 13.0 Å². The molecule has 0 heterocycles. The fraction of sp³-hybridized carbons (Fsp3) is 0.600. The van der Waals surface area contributed by atoms with Gasteiger partial charge in [0.2, 0.25) is 0 Å². The van der Waals surface area contributed by atoms with Crippen molar-refractivity contribution in [1.29, 1.82) is 0 Å². The first kappa shape index (κ1) is 17.0. The number of halogens is 3. The molecule has 1 N–H and O–H groups in total. The van der Waals surface area contributed by atoms with Gasteiger partial charge in [0.25, 0.3) is 0 Å². The predicted octanol–water partition coefficient (Wildman–Crippen LogP) is 3.89. The SMILES string of the molecule is CC(C)Cc1ccc(C(O)CCOCC(F)(F)F)cc1. The van der Waals surface area contributed by atoms with Crippen LogP contribution in [0.25, 0.3) is 0 Å². The van der Waals surface area contributed by atoms with E-state index in [1.54, 1.807) is 0 Å². The largest absolute Gasteiger partial charge is 0.411 e. The number of aliphatic hydroxyl groups excluding tert-OH is 1. The zero-order valence-corrected chi connectivity index (χ0v) is 11.8. The van der Waals surface area contributed by atoms with Gasteiger partial charge in [0.15, 0.2) is 0 Å². The summed E-state index contributed by atoms with van der Waals surface area (Å²) in [5, 5.41) is 9.86. The molecule has 0 bridgehead atoms. The maximum absolute atomic E-state index is 11.9. The minimum absolute atomic E-state index is 0.117. The van der Waals surface area contributed by atoms with E-state index in [-0.39, 0.29) is 13.0 Å². The summed E-state index contributed by atoms with van der Waals surface area (Å²) in [5.74, 6) is 0.557. The van der Waals surface area contributed by atoms with E-state index in [9.17, 15) is 18.3 Å². The first-order chi connectivity index (χ1) is 9.28. The molecule has 1 unspecified atom stereocenters. The zero-order chi connectivity index (χ0) is 15.2. The van der Waals surface area contributed by atoms with Crippen LogP contribution in [-0.4, -0.2) is 24.5 Å². The number of hydrogen-bond donors (Lipinski definition) is 1. The molecule has 0 amide bonds. The van der Waals surface area contributed by atoms with Gasteiger partial charge in [-0.25, -0.2) is 0 Å². The molecule has 0 radical (unpaired) electrons. The third-order valence-electron chi connectivity index (χ3n) is 2.81. The summed E-state index contributed by atoms with van der Waals surface area (Å²) in [5.41, 5.74) is 1.89. The van der Waals surface area contributed by atoms with E-state index in [0.717, 1.165) is 6.42 Å². The van der Waals surface area contributed by atoms with Crippen LogP contribution in [0, 0.1) is 5.92 Å². The number of hydrogen-bond acceptors (Lipinski definition) is 2. The van der Waals surface area contributed by atoms with Crippen LogP contribution >= 0.6 is 0 Å². The van der Waals surface area contributed by atoms with Gasteiger partial charge < -0.3 is 9.84 Å². The van der Waals surface area contributed by atoms with E-state index < -0.39 is 18.9 Å². The molecule has 5 heteroatoms. The number of alkyl halides is 3. The molecule has 0 saturated heterocycles. The number of aliphatic hydroxyl groups is 1. The lowest BCUT2D eigenvalue weighted by atomic mass is 9.99. The van der Waals surface area contributed by atoms with E-state index in [1.807, 2.05) is 24.3 Å². The summed E-state index contributed by atoms with van der Waals surface area (Å²) in [6.45, 7) is 2.86. The van der Waals surface area contributed by atoms with Gasteiger partial charge in [0.1, 0.15) is 6.61 Å². The molecular formula is C15H21F3O2. The monoisotopic (exact) mass is 290 g/mol. The molecule has 0 spiro atoms. The van der Waals surface area contributed by atoms with Crippen molar-refractivity contribution in [2.75, 3.05) is 13.2 Å². The maximum atomic E-state index is 11.9. The first-order valence-electron chi connectivity index (χ1n) is 6.69. The Kier molecular flexibility index (Phi) is 6.49. The molecule has 1 aromatic carbocycles. The van der Waals surface area contributed by atoms with Crippen molar-refractivity contribution in [2.24, 2.45) is 5.92 Å². The normalized spacial score (nSPS) is 13.8. The maximum Gasteiger partial charge on any atom is 0.411 e. The van der Waals surface area contributed by atoms with Crippen molar-refractivity contribution in [1.82, 2.24) is 0 Å². The Balaban J connectivity index is 2.38. The van der Waals surface area contributed by atoms with Crippen molar-refractivity contribution < 1.29 is 23.0 Å². The van der Waals surface area contributed by atoms with Crippen molar-refractivity contribution >= 4 is 0 Å². The van der Waals surface area contributed by atoms with Gasteiger partial charge in [-0.1, -0.05) is 38.1 Å².